The first-order valence-electron chi connectivity index (χ1n) is 4.91. The molecule has 1 saturated heterocycles. The van der Waals surface area contributed by atoms with E-state index in [0.717, 1.165) is 0 Å². The van der Waals surface area contributed by atoms with Gasteiger partial charge in [0.05, 0.1) is 4.92 Å². The SMILES string of the molecule is O=[N+]([O-])c1cc(Br)ccc1N1CC(CO)C1. The van der Waals surface area contributed by atoms with E-state index in [1.165, 1.54) is 6.07 Å². The monoisotopic (exact) mass is 286 g/mol. The molecule has 1 aromatic rings. The third-order valence-electron chi connectivity index (χ3n) is 2.69. The highest BCUT2D eigenvalue weighted by atomic mass is 79.9. The molecule has 1 aliphatic heterocycles. The van der Waals surface area contributed by atoms with Gasteiger partial charge in [0.1, 0.15) is 5.69 Å². The van der Waals surface area contributed by atoms with Gasteiger partial charge in [-0.1, -0.05) is 15.9 Å². The summed E-state index contributed by atoms with van der Waals surface area (Å²) in [5.74, 6) is 0.239. The van der Waals surface area contributed by atoms with Crippen LogP contribution in [0.25, 0.3) is 0 Å². The van der Waals surface area contributed by atoms with Gasteiger partial charge in [0, 0.05) is 36.2 Å². The van der Waals surface area contributed by atoms with Crippen molar-refractivity contribution < 1.29 is 10.0 Å². The molecule has 1 fully saturated rings. The lowest BCUT2D eigenvalue weighted by atomic mass is 10.00. The molecule has 16 heavy (non-hydrogen) atoms. The van der Waals surface area contributed by atoms with Gasteiger partial charge in [0.2, 0.25) is 0 Å². The molecule has 1 aromatic carbocycles. The molecular formula is C10H11BrN2O3. The molecule has 5 nitrogen and oxygen atoms in total. The summed E-state index contributed by atoms with van der Waals surface area (Å²) in [6.45, 7) is 1.50. The lowest BCUT2D eigenvalue weighted by molar-refractivity contribution is -0.384. The van der Waals surface area contributed by atoms with Crippen molar-refractivity contribution in [3.8, 4) is 0 Å². The van der Waals surface area contributed by atoms with Crippen LogP contribution in [0.3, 0.4) is 0 Å². The van der Waals surface area contributed by atoms with Gasteiger partial charge in [-0.15, -0.1) is 0 Å². The number of aliphatic hydroxyl groups is 1. The highest BCUT2D eigenvalue weighted by Crippen LogP contribution is 2.34. The molecule has 0 unspecified atom stereocenters. The Balaban J connectivity index is 2.24. The van der Waals surface area contributed by atoms with Crippen molar-refractivity contribution in [2.24, 2.45) is 5.92 Å². The molecule has 0 radical (unpaired) electrons. The first kappa shape index (κ1) is 11.3. The minimum absolute atomic E-state index is 0.103. The number of nitro groups is 1. The van der Waals surface area contributed by atoms with Gasteiger partial charge in [-0.2, -0.15) is 0 Å². The Morgan fingerprint density at radius 3 is 2.81 bits per heavy atom. The molecule has 0 aromatic heterocycles. The van der Waals surface area contributed by atoms with Crippen molar-refractivity contribution in [1.82, 2.24) is 0 Å². The van der Waals surface area contributed by atoms with E-state index in [1.807, 2.05) is 4.90 Å². The summed E-state index contributed by atoms with van der Waals surface area (Å²) in [5, 5.41) is 19.8. The van der Waals surface area contributed by atoms with Crippen LogP contribution in [0, 0.1) is 16.0 Å². The minimum atomic E-state index is -0.383. The van der Waals surface area contributed by atoms with E-state index in [9.17, 15) is 10.1 Å². The van der Waals surface area contributed by atoms with Crippen molar-refractivity contribution in [2.75, 3.05) is 24.6 Å². The zero-order valence-corrected chi connectivity index (χ0v) is 10.1. The van der Waals surface area contributed by atoms with Crippen molar-refractivity contribution >= 4 is 27.3 Å². The smallest absolute Gasteiger partial charge is 0.293 e. The van der Waals surface area contributed by atoms with Crippen molar-refractivity contribution in [3.63, 3.8) is 0 Å². The third-order valence-corrected chi connectivity index (χ3v) is 3.18. The Morgan fingerprint density at radius 1 is 1.56 bits per heavy atom. The van der Waals surface area contributed by atoms with Crippen LogP contribution < -0.4 is 4.90 Å². The lowest BCUT2D eigenvalue weighted by Gasteiger charge is -2.39. The van der Waals surface area contributed by atoms with Crippen LogP contribution in [-0.4, -0.2) is 29.7 Å². The normalized spacial score (nSPS) is 16.0. The number of nitrogens with zero attached hydrogens (tertiary/aromatic N) is 2. The molecule has 0 atom stereocenters. The third kappa shape index (κ3) is 2.03. The fraction of sp³-hybridized carbons (Fsp3) is 0.400. The van der Waals surface area contributed by atoms with Crippen molar-refractivity contribution in [2.45, 2.75) is 0 Å². The Bertz CT molecular complexity index is 419. The maximum Gasteiger partial charge on any atom is 0.293 e. The highest BCUT2D eigenvalue weighted by Gasteiger charge is 2.30. The summed E-state index contributed by atoms with van der Waals surface area (Å²) in [5.41, 5.74) is 0.726. The average Bonchev–Trinajstić information content (AvgIpc) is 2.18. The Hall–Kier alpha value is -1.14. The van der Waals surface area contributed by atoms with E-state index in [0.29, 0.717) is 23.2 Å². The summed E-state index contributed by atoms with van der Waals surface area (Å²) < 4.78 is 0.696. The second-order valence-electron chi connectivity index (χ2n) is 3.84. The topological polar surface area (TPSA) is 66.6 Å². The first-order valence-corrected chi connectivity index (χ1v) is 5.71. The van der Waals surface area contributed by atoms with Gasteiger partial charge in [-0.3, -0.25) is 10.1 Å². The second-order valence-corrected chi connectivity index (χ2v) is 4.76. The molecule has 0 spiro atoms. The first-order chi connectivity index (χ1) is 7.61. The standard InChI is InChI=1S/C10H11BrN2O3/c11-8-1-2-9(10(3-8)13(15)16)12-4-7(5-12)6-14/h1-3,7,14H,4-6H2. The number of hydrogen-bond acceptors (Lipinski definition) is 4. The Kier molecular flexibility index (Phi) is 3.11. The number of benzene rings is 1. The number of halogens is 1. The number of rotatable bonds is 3. The zero-order chi connectivity index (χ0) is 11.7. The van der Waals surface area contributed by atoms with E-state index in [4.69, 9.17) is 5.11 Å². The number of hydrogen-bond donors (Lipinski definition) is 1. The van der Waals surface area contributed by atoms with Crippen LogP contribution in [0.5, 0.6) is 0 Å². The summed E-state index contributed by atoms with van der Waals surface area (Å²) in [6, 6.07) is 5.02. The minimum Gasteiger partial charge on any atom is -0.396 e. The van der Waals surface area contributed by atoms with Gasteiger partial charge in [0.15, 0.2) is 0 Å². The van der Waals surface area contributed by atoms with Gasteiger partial charge < -0.3 is 10.0 Å². The van der Waals surface area contributed by atoms with Gasteiger partial charge in [-0.05, 0) is 12.1 Å². The summed E-state index contributed by atoms with van der Waals surface area (Å²) in [4.78, 5) is 12.4. The van der Waals surface area contributed by atoms with E-state index in [-0.39, 0.29) is 23.1 Å². The van der Waals surface area contributed by atoms with Crippen LogP contribution in [0.4, 0.5) is 11.4 Å². The van der Waals surface area contributed by atoms with Crippen LogP contribution in [0.1, 0.15) is 0 Å². The van der Waals surface area contributed by atoms with Crippen molar-refractivity contribution in [1.29, 1.82) is 0 Å². The van der Waals surface area contributed by atoms with E-state index >= 15 is 0 Å². The molecule has 2 rings (SSSR count). The molecule has 6 heteroatoms. The molecule has 0 saturated carbocycles. The van der Waals surface area contributed by atoms with E-state index < -0.39 is 0 Å². The van der Waals surface area contributed by atoms with Gasteiger partial charge in [-0.25, -0.2) is 0 Å². The number of nitro benzene ring substituents is 1. The molecule has 1 aliphatic rings. The molecule has 1 N–H and O–H groups in total. The van der Waals surface area contributed by atoms with Gasteiger partial charge in [0.25, 0.3) is 5.69 Å². The average molecular weight is 287 g/mol. The van der Waals surface area contributed by atoms with E-state index in [1.54, 1.807) is 12.1 Å². The summed E-state index contributed by atoms with van der Waals surface area (Å²) >= 11 is 3.22. The molecule has 86 valence electrons. The predicted molar refractivity (Wildman–Crippen MR) is 63.6 cm³/mol. The predicted octanol–water partition coefficient (Wildman–Crippen LogP) is 1.79. The maximum atomic E-state index is 10.9. The molecular weight excluding hydrogens is 276 g/mol. The lowest BCUT2D eigenvalue weighted by Crippen LogP contribution is -2.48. The number of anilines is 1. The molecule has 0 bridgehead atoms. The quantitative estimate of drug-likeness (QED) is 0.680. The van der Waals surface area contributed by atoms with Crippen LogP contribution >= 0.6 is 15.9 Å². The molecule has 0 aliphatic carbocycles. The second kappa shape index (κ2) is 4.39. The van der Waals surface area contributed by atoms with Crippen LogP contribution in [-0.2, 0) is 0 Å². The number of aliphatic hydroxyl groups excluding tert-OH is 1. The van der Waals surface area contributed by atoms with Crippen LogP contribution in [0.2, 0.25) is 0 Å². The molecule has 0 amide bonds. The Labute approximate surface area is 101 Å². The van der Waals surface area contributed by atoms with Gasteiger partial charge >= 0.3 is 0 Å². The Morgan fingerprint density at radius 2 is 2.25 bits per heavy atom. The van der Waals surface area contributed by atoms with Crippen molar-refractivity contribution in [3.05, 3.63) is 32.8 Å². The highest BCUT2D eigenvalue weighted by molar-refractivity contribution is 9.10. The fourth-order valence-electron chi connectivity index (χ4n) is 1.79. The summed E-state index contributed by atoms with van der Waals surface area (Å²) in [6.07, 6.45) is 0. The zero-order valence-electron chi connectivity index (χ0n) is 8.47. The fourth-order valence-corrected chi connectivity index (χ4v) is 2.14. The maximum absolute atomic E-state index is 10.9. The van der Waals surface area contributed by atoms with E-state index in [2.05, 4.69) is 15.9 Å². The summed E-state index contributed by atoms with van der Waals surface area (Å²) in [7, 11) is 0. The van der Waals surface area contributed by atoms with Crippen LogP contribution in [0.15, 0.2) is 22.7 Å². The molecule has 1 heterocycles. The largest absolute Gasteiger partial charge is 0.396 e.